The highest BCUT2D eigenvalue weighted by Crippen LogP contribution is 2.26. The molecule has 0 aliphatic carbocycles. The van der Waals surface area contributed by atoms with Gasteiger partial charge in [0.1, 0.15) is 6.10 Å². The van der Waals surface area contributed by atoms with Gasteiger partial charge in [0.15, 0.2) is 17.8 Å². The summed E-state index contributed by atoms with van der Waals surface area (Å²) in [5.41, 5.74) is 0.204. The van der Waals surface area contributed by atoms with E-state index in [1.165, 1.54) is 29.9 Å². The number of rotatable bonds is 7. The van der Waals surface area contributed by atoms with Crippen LogP contribution in [0.5, 0.6) is 0 Å². The van der Waals surface area contributed by atoms with Gasteiger partial charge in [-0.1, -0.05) is 47.5 Å². The Labute approximate surface area is 212 Å². The second-order valence-electron chi connectivity index (χ2n) is 8.03. The van der Waals surface area contributed by atoms with E-state index < -0.39 is 30.6 Å². The van der Waals surface area contributed by atoms with E-state index in [2.05, 4.69) is 10.1 Å². The van der Waals surface area contributed by atoms with Crippen LogP contribution in [0.15, 0.2) is 59.5 Å². The lowest BCUT2D eigenvalue weighted by atomic mass is 10.1. The Bertz CT molecular complexity index is 1430. The van der Waals surface area contributed by atoms with Crippen LogP contribution >= 0.6 is 23.2 Å². The third-order valence-electron chi connectivity index (χ3n) is 5.36. The minimum atomic E-state index is -4.92. The molecule has 0 bridgehead atoms. The Hall–Kier alpha value is -3.12. The molecule has 0 radical (unpaired) electrons. The third-order valence-corrected chi connectivity index (χ3v) is 5.93. The highest BCUT2D eigenvalue weighted by atomic mass is 35.5. The zero-order valence-corrected chi connectivity index (χ0v) is 20.2. The molecule has 0 fully saturated rings. The van der Waals surface area contributed by atoms with Crippen molar-refractivity contribution in [3.63, 3.8) is 0 Å². The fourth-order valence-corrected chi connectivity index (χ4v) is 3.95. The quantitative estimate of drug-likeness (QED) is 0.365. The second-order valence-corrected chi connectivity index (χ2v) is 8.87. The van der Waals surface area contributed by atoms with Crippen LogP contribution in [0, 0.1) is 0 Å². The van der Waals surface area contributed by atoms with Gasteiger partial charge in [0.25, 0.3) is 0 Å². The highest BCUT2D eigenvalue weighted by Gasteiger charge is 2.39. The first-order valence-electron chi connectivity index (χ1n) is 10.6. The summed E-state index contributed by atoms with van der Waals surface area (Å²) in [6.45, 7) is 0.264. The van der Waals surface area contributed by atoms with E-state index in [0.717, 1.165) is 9.13 Å². The van der Waals surface area contributed by atoms with E-state index >= 15 is 0 Å². The van der Waals surface area contributed by atoms with Gasteiger partial charge >= 0.3 is 11.9 Å². The minimum absolute atomic E-state index is 0.115. The van der Waals surface area contributed by atoms with Crippen LogP contribution in [-0.2, 0) is 13.1 Å². The Morgan fingerprint density at radius 1 is 1.06 bits per heavy atom. The number of benzene rings is 2. The lowest BCUT2D eigenvalue weighted by Crippen LogP contribution is -2.37. The molecule has 0 aliphatic heterocycles. The molecule has 0 saturated carbocycles. The maximum atomic E-state index is 13.1. The molecule has 0 amide bonds. The number of aliphatic hydroxyl groups is 2. The number of hydrogen-bond acceptors (Lipinski definition) is 5. The molecule has 13 heteroatoms. The van der Waals surface area contributed by atoms with Crippen molar-refractivity contribution < 1.29 is 23.4 Å². The first-order chi connectivity index (χ1) is 17.0. The molecule has 0 aliphatic rings. The fraction of sp³-hybridized carbons (Fsp3) is 0.261. The molecule has 4 rings (SSSR count). The third kappa shape index (κ3) is 5.34. The zero-order valence-electron chi connectivity index (χ0n) is 18.7. The lowest BCUT2D eigenvalue weighted by molar-refractivity contribution is -0.207. The number of aliphatic hydroxyl groups excluding tert-OH is 2. The summed E-state index contributed by atoms with van der Waals surface area (Å²) < 4.78 is 42.5. The van der Waals surface area contributed by atoms with Crippen LogP contribution < -0.4 is 5.69 Å². The summed E-state index contributed by atoms with van der Waals surface area (Å²) in [4.78, 5) is 17.4. The van der Waals surface area contributed by atoms with Gasteiger partial charge < -0.3 is 10.2 Å². The Balaban J connectivity index is 1.78. The summed E-state index contributed by atoms with van der Waals surface area (Å²) >= 11 is 12.2. The van der Waals surface area contributed by atoms with E-state index in [4.69, 9.17) is 23.2 Å². The number of imidazole rings is 1. The molecule has 36 heavy (non-hydrogen) atoms. The molecule has 0 spiro atoms. The zero-order chi connectivity index (χ0) is 26.2. The summed E-state index contributed by atoms with van der Waals surface area (Å²) in [5, 5.41) is 25.0. The van der Waals surface area contributed by atoms with Crippen molar-refractivity contribution in [1.29, 1.82) is 0 Å². The van der Waals surface area contributed by atoms with Crippen LogP contribution in [-0.4, -0.2) is 46.4 Å². The number of hydrogen-bond donors (Lipinski definition) is 2. The molecule has 2 N–H and O–H groups in total. The topological polar surface area (TPSA) is 98.1 Å². The van der Waals surface area contributed by atoms with Crippen molar-refractivity contribution in [2.45, 2.75) is 38.4 Å². The molecule has 4 aromatic rings. The maximum absolute atomic E-state index is 13.1. The van der Waals surface area contributed by atoms with Crippen molar-refractivity contribution in [2.24, 2.45) is 0 Å². The van der Waals surface area contributed by atoms with E-state index in [0.29, 0.717) is 21.3 Å². The molecule has 2 heterocycles. The monoisotopic (exact) mass is 541 g/mol. The summed E-state index contributed by atoms with van der Waals surface area (Å²) in [5.74, 6) is 0.278. The van der Waals surface area contributed by atoms with Crippen molar-refractivity contribution >= 4 is 23.2 Å². The van der Waals surface area contributed by atoms with E-state index in [9.17, 15) is 28.2 Å². The van der Waals surface area contributed by atoms with Crippen LogP contribution in [0.1, 0.15) is 24.7 Å². The van der Waals surface area contributed by atoms with Crippen molar-refractivity contribution in [1.82, 2.24) is 23.9 Å². The summed E-state index contributed by atoms with van der Waals surface area (Å²) in [6, 6.07) is 12.9. The van der Waals surface area contributed by atoms with Crippen molar-refractivity contribution in [3.8, 4) is 16.9 Å². The Morgan fingerprint density at radius 2 is 1.72 bits per heavy atom. The SMILES string of the molecule is CC(O)c1nc(Cn2cc(-c3ccc(Cl)cc3)n(CC(O)C(F)(F)F)c2=O)nn1-c1ccccc1Cl. The smallest absolute Gasteiger partial charge is 0.385 e. The molecule has 0 saturated heterocycles. The summed E-state index contributed by atoms with van der Waals surface area (Å²) in [6.07, 6.45) is -7.35. The van der Waals surface area contributed by atoms with Gasteiger partial charge in [0.2, 0.25) is 0 Å². The van der Waals surface area contributed by atoms with E-state index in [1.54, 1.807) is 36.4 Å². The molecule has 2 aromatic carbocycles. The standard InChI is InChI=1S/C23H20Cl2F3N5O3/c1-13(34)21-29-20(30-33(21)17-5-3-2-4-16(17)25)12-31-10-18(14-6-8-15(24)9-7-14)32(22(31)36)11-19(35)23(26,27)28/h2-10,13,19,34-35H,11-12H2,1H3. The number of para-hydroxylation sites is 1. The van der Waals surface area contributed by atoms with Crippen LogP contribution in [0.3, 0.4) is 0 Å². The van der Waals surface area contributed by atoms with E-state index in [1.807, 2.05) is 0 Å². The molecule has 2 atom stereocenters. The molecular formula is C23H20Cl2F3N5O3. The highest BCUT2D eigenvalue weighted by molar-refractivity contribution is 6.32. The lowest BCUT2D eigenvalue weighted by Gasteiger charge is -2.16. The van der Waals surface area contributed by atoms with Gasteiger partial charge in [0.05, 0.1) is 29.5 Å². The second kappa shape index (κ2) is 10.1. The molecule has 8 nitrogen and oxygen atoms in total. The average molecular weight is 542 g/mol. The number of alkyl halides is 3. The van der Waals surface area contributed by atoms with E-state index in [-0.39, 0.29) is 23.9 Å². The molecule has 2 unspecified atom stereocenters. The van der Waals surface area contributed by atoms with Gasteiger partial charge in [-0.15, -0.1) is 5.10 Å². The molecular weight excluding hydrogens is 522 g/mol. The van der Waals surface area contributed by atoms with Gasteiger partial charge in [-0.2, -0.15) is 13.2 Å². The van der Waals surface area contributed by atoms with Gasteiger partial charge in [-0.05, 0) is 36.8 Å². The first-order valence-corrected chi connectivity index (χ1v) is 11.4. The van der Waals surface area contributed by atoms with Crippen molar-refractivity contribution in [2.75, 3.05) is 0 Å². The minimum Gasteiger partial charge on any atom is -0.385 e. The molecule has 190 valence electrons. The maximum Gasteiger partial charge on any atom is 0.416 e. The predicted molar refractivity (Wildman–Crippen MR) is 127 cm³/mol. The van der Waals surface area contributed by atoms with Crippen LogP contribution in [0.25, 0.3) is 16.9 Å². The molecule has 2 aromatic heterocycles. The summed E-state index contributed by atoms with van der Waals surface area (Å²) in [7, 11) is 0. The largest absolute Gasteiger partial charge is 0.416 e. The Kier molecular flexibility index (Phi) is 7.28. The fourth-order valence-electron chi connectivity index (χ4n) is 3.61. The van der Waals surface area contributed by atoms with Crippen LogP contribution in [0.2, 0.25) is 10.0 Å². The number of aromatic nitrogens is 5. The van der Waals surface area contributed by atoms with Gasteiger partial charge in [0, 0.05) is 11.2 Å². The predicted octanol–water partition coefficient (Wildman–Crippen LogP) is 4.23. The number of nitrogens with zero attached hydrogens (tertiary/aromatic N) is 5. The van der Waals surface area contributed by atoms with Crippen LogP contribution in [0.4, 0.5) is 13.2 Å². The Morgan fingerprint density at radius 3 is 2.33 bits per heavy atom. The van der Waals surface area contributed by atoms with Crippen molar-refractivity contribution in [3.05, 3.63) is 86.9 Å². The van der Waals surface area contributed by atoms with Gasteiger partial charge in [-0.3, -0.25) is 9.13 Å². The van der Waals surface area contributed by atoms with Gasteiger partial charge in [-0.25, -0.2) is 14.5 Å². The number of halogens is 5. The normalized spacial score (nSPS) is 13.7. The first kappa shape index (κ1) is 26.0. The average Bonchev–Trinajstić information content (AvgIpc) is 3.36.